The van der Waals surface area contributed by atoms with E-state index >= 15 is 0 Å². The van der Waals surface area contributed by atoms with Gasteiger partial charge in [-0.25, -0.2) is 0 Å². The summed E-state index contributed by atoms with van der Waals surface area (Å²) in [6, 6.07) is 0. The molecular formula is C60H120CaN2O4. The van der Waals surface area contributed by atoms with Gasteiger partial charge in [0.1, 0.15) is 0 Å². The largest absolute Gasteiger partial charge is 2.00 e. The van der Waals surface area contributed by atoms with Gasteiger partial charge in [-0.05, 0) is 103 Å². The summed E-state index contributed by atoms with van der Waals surface area (Å²) in [7, 11) is 0. The molecule has 396 valence electrons. The normalized spacial score (nSPS) is 11.3. The monoisotopic (exact) mass is 973 g/mol. The second-order valence-electron chi connectivity index (χ2n) is 20.8. The molecule has 0 unspecified atom stereocenters. The molecule has 7 heteroatoms. The first-order valence-electron chi connectivity index (χ1n) is 30.2. The van der Waals surface area contributed by atoms with E-state index in [1.54, 1.807) is 0 Å². The van der Waals surface area contributed by atoms with Crippen molar-refractivity contribution in [2.24, 2.45) is 0 Å². The van der Waals surface area contributed by atoms with Crippen LogP contribution in [0.1, 0.15) is 336 Å². The molecule has 6 nitrogen and oxygen atoms in total. The number of carbonyl (C=O) groups is 2. The summed E-state index contributed by atoms with van der Waals surface area (Å²) in [5, 5.41) is 21.2. The minimum Gasteiger partial charge on any atom is -0.550 e. The zero-order valence-electron chi connectivity index (χ0n) is 46.4. The zero-order valence-corrected chi connectivity index (χ0v) is 48.6. The third-order valence-corrected chi connectivity index (χ3v) is 14.0. The molecule has 0 amide bonds. The predicted octanol–water partition coefficient (Wildman–Crippen LogP) is 16.5. The van der Waals surface area contributed by atoms with Gasteiger partial charge in [0, 0.05) is 11.9 Å². The Labute approximate surface area is 451 Å². The zero-order chi connectivity index (χ0) is 48.5. The van der Waals surface area contributed by atoms with Crippen LogP contribution in [0.25, 0.3) is 0 Å². The number of aliphatic carboxylic acids is 2. The Kier molecular flexibility index (Phi) is 68.3. The van der Waals surface area contributed by atoms with Crippen molar-refractivity contribution < 1.29 is 19.8 Å². The van der Waals surface area contributed by atoms with Crippen molar-refractivity contribution in [3.63, 3.8) is 0 Å². The number of carbonyl (C=O) groups excluding carboxylic acids is 2. The topological polar surface area (TPSA) is 86.7 Å². The molecule has 0 spiro atoms. The van der Waals surface area contributed by atoms with Crippen LogP contribution in [0.5, 0.6) is 0 Å². The molecule has 0 bridgehead atoms. The maximum atomic E-state index is 10.6. The third-order valence-electron chi connectivity index (χ3n) is 14.0. The second-order valence-corrected chi connectivity index (χ2v) is 20.8. The van der Waals surface area contributed by atoms with Crippen LogP contribution in [-0.2, 0) is 9.59 Å². The maximum absolute atomic E-state index is 10.6. The summed E-state index contributed by atoms with van der Waals surface area (Å²) in [6.07, 6.45) is 62.0. The fourth-order valence-electron chi connectivity index (χ4n) is 9.53. The smallest absolute Gasteiger partial charge is 0.550 e. The molecule has 0 aromatic carbocycles. The average molecular weight is 974 g/mol. The van der Waals surface area contributed by atoms with Gasteiger partial charge in [-0.3, -0.25) is 0 Å². The third kappa shape index (κ3) is 66.1. The second kappa shape index (κ2) is 64.1. The number of hydrogen-bond donors (Lipinski definition) is 0. The molecule has 0 atom stereocenters. The average Bonchev–Trinajstić information content (AvgIpc) is 3.30. The molecule has 0 saturated carbocycles. The van der Waals surface area contributed by atoms with Gasteiger partial charge in [0.2, 0.25) is 0 Å². The van der Waals surface area contributed by atoms with Crippen molar-refractivity contribution in [1.29, 1.82) is 0 Å². The van der Waals surface area contributed by atoms with E-state index < -0.39 is 11.9 Å². The van der Waals surface area contributed by atoms with Crippen LogP contribution in [-0.4, -0.2) is 98.7 Å². The van der Waals surface area contributed by atoms with Gasteiger partial charge < -0.3 is 29.6 Å². The van der Waals surface area contributed by atoms with Gasteiger partial charge >= 0.3 is 37.7 Å². The Morgan fingerprint density at radius 1 is 0.239 bits per heavy atom. The van der Waals surface area contributed by atoms with E-state index in [1.165, 1.54) is 283 Å². The Morgan fingerprint density at radius 3 is 0.522 bits per heavy atom. The van der Waals surface area contributed by atoms with Gasteiger partial charge in [-0.2, -0.15) is 0 Å². The van der Waals surface area contributed by atoms with Crippen molar-refractivity contribution in [1.82, 2.24) is 9.80 Å². The number of rotatable bonds is 56. The quantitative estimate of drug-likeness (QED) is 0.0446. The van der Waals surface area contributed by atoms with Crippen molar-refractivity contribution >= 4 is 49.7 Å². The Hall–Kier alpha value is 0.120. The molecule has 0 saturated heterocycles. The molecule has 0 fully saturated rings. The first kappa shape index (κ1) is 71.4. The van der Waals surface area contributed by atoms with Gasteiger partial charge in [0.05, 0.1) is 0 Å². The van der Waals surface area contributed by atoms with E-state index in [0.717, 1.165) is 51.6 Å². The van der Waals surface area contributed by atoms with E-state index in [0.29, 0.717) is 0 Å². The Balaban J connectivity index is -0.00000120. The number of nitrogens with zero attached hydrogens (tertiary/aromatic N) is 2. The van der Waals surface area contributed by atoms with Crippen LogP contribution in [0.3, 0.4) is 0 Å². The minimum atomic E-state index is -0.900. The number of unbranched alkanes of at least 4 members (excludes halogenated alkanes) is 40. The number of carboxylic acids is 2. The molecule has 0 aromatic rings. The van der Waals surface area contributed by atoms with Crippen molar-refractivity contribution in [3.8, 4) is 0 Å². The Morgan fingerprint density at radius 2 is 0.373 bits per heavy atom. The van der Waals surface area contributed by atoms with Gasteiger partial charge in [-0.15, -0.1) is 0 Å². The first-order valence-corrected chi connectivity index (χ1v) is 30.2. The molecule has 0 heterocycles. The fourth-order valence-corrected chi connectivity index (χ4v) is 9.53. The molecular weight excluding hydrogens is 853 g/mol. The fraction of sp³-hybridized carbons (Fsp3) is 0.967. The minimum absolute atomic E-state index is 0. The molecule has 0 aliphatic heterocycles. The number of carboxylic acid groups (broad SMARTS) is 2. The van der Waals surface area contributed by atoms with E-state index in [9.17, 15) is 19.8 Å². The van der Waals surface area contributed by atoms with E-state index in [-0.39, 0.29) is 50.6 Å². The summed E-state index contributed by atoms with van der Waals surface area (Å²) in [5.74, 6) is -1.80. The van der Waals surface area contributed by atoms with Crippen molar-refractivity contribution in [2.75, 3.05) is 39.3 Å². The number of hydrogen-bond acceptors (Lipinski definition) is 6. The molecule has 0 radical (unpaired) electrons. The van der Waals surface area contributed by atoms with Gasteiger partial charge in [-0.1, -0.05) is 272 Å². The van der Waals surface area contributed by atoms with Crippen molar-refractivity contribution in [3.05, 3.63) is 0 Å². The molecule has 0 aliphatic carbocycles. The summed E-state index contributed by atoms with van der Waals surface area (Å²) in [4.78, 5) is 26.5. The predicted molar refractivity (Wildman–Crippen MR) is 293 cm³/mol. The van der Waals surface area contributed by atoms with Gasteiger partial charge in [0.25, 0.3) is 0 Å². The SMILES string of the molecule is CCCCCCCCCCCCN(CCCCCCCCCCCC)CCCCCC(=O)[O-].CCCCCCCCCCCCN(CCCCCCCCCCCC)CCCCCC(=O)[O-].[Ca+2]. The van der Waals surface area contributed by atoms with Crippen LogP contribution in [0.15, 0.2) is 0 Å². The maximum Gasteiger partial charge on any atom is 2.00 e. The molecule has 0 aromatic heterocycles. The van der Waals surface area contributed by atoms with Crippen LogP contribution in [0.2, 0.25) is 0 Å². The summed E-state index contributed by atoms with van der Waals surface area (Å²) in [6.45, 7) is 16.3. The van der Waals surface area contributed by atoms with Crippen LogP contribution < -0.4 is 10.2 Å². The van der Waals surface area contributed by atoms with Crippen LogP contribution >= 0.6 is 0 Å². The summed E-state index contributed by atoms with van der Waals surface area (Å²) < 4.78 is 0. The molecule has 0 N–H and O–H groups in total. The van der Waals surface area contributed by atoms with Crippen molar-refractivity contribution in [2.45, 2.75) is 336 Å². The van der Waals surface area contributed by atoms with E-state index in [4.69, 9.17) is 0 Å². The van der Waals surface area contributed by atoms with Crippen LogP contribution in [0, 0.1) is 0 Å². The van der Waals surface area contributed by atoms with Crippen LogP contribution in [0.4, 0.5) is 0 Å². The summed E-state index contributed by atoms with van der Waals surface area (Å²) in [5.41, 5.74) is 0. The van der Waals surface area contributed by atoms with Gasteiger partial charge in [0.15, 0.2) is 0 Å². The van der Waals surface area contributed by atoms with E-state index in [2.05, 4.69) is 37.5 Å². The molecule has 0 rings (SSSR count). The standard InChI is InChI=1S/2C30H61NO2.Ca/c2*1-3-5-7-9-11-13-15-17-19-23-27-31(29-25-21-22-26-30(32)33)28-24-20-18-16-14-12-10-8-6-4-2;/h2*3-29H2,1-2H3,(H,32,33);/q;;+2/p-2. The Bertz CT molecular complexity index is 802. The molecule has 67 heavy (non-hydrogen) atoms. The summed E-state index contributed by atoms with van der Waals surface area (Å²) >= 11 is 0. The molecule has 0 aliphatic rings. The van der Waals surface area contributed by atoms with E-state index in [1.807, 2.05) is 0 Å². The first-order chi connectivity index (χ1) is 32.4.